The summed E-state index contributed by atoms with van der Waals surface area (Å²) in [6, 6.07) is 6.43. The standard InChI is InChI=1S/C22H28N4O3/c1-26-10-9-17-19(25-21(24-17)15-6-2-3-7-15)20(26)18(27)13-23-12-14-5-4-8-16(11-14)22(28)29/h4-5,8-11,15,20-21,23-25H,2-3,6-7,12-13H2,1H3,(H,28,29). The summed E-state index contributed by atoms with van der Waals surface area (Å²) in [5.74, 6) is -0.260. The van der Waals surface area contributed by atoms with Gasteiger partial charge >= 0.3 is 5.97 Å². The number of carboxylic acids is 1. The summed E-state index contributed by atoms with van der Waals surface area (Å²) < 4.78 is 0. The first-order chi connectivity index (χ1) is 14.0. The number of Topliss-reactive ketones (excluding diaryl/α,β-unsaturated/α-hetero) is 1. The van der Waals surface area contributed by atoms with Crippen LogP contribution in [-0.4, -0.2) is 47.6 Å². The van der Waals surface area contributed by atoms with Crippen molar-refractivity contribution in [2.45, 2.75) is 44.4 Å². The Bertz CT molecular complexity index is 857. The van der Waals surface area contributed by atoms with Gasteiger partial charge in [-0.3, -0.25) is 4.79 Å². The lowest BCUT2D eigenvalue weighted by molar-refractivity contribution is -0.121. The summed E-state index contributed by atoms with van der Waals surface area (Å²) in [6.07, 6.45) is 9.19. The summed E-state index contributed by atoms with van der Waals surface area (Å²) in [4.78, 5) is 26.1. The monoisotopic (exact) mass is 396 g/mol. The van der Waals surface area contributed by atoms with Gasteiger partial charge in [-0.05, 0) is 42.5 Å². The molecular weight excluding hydrogens is 368 g/mol. The summed E-state index contributed by atoms with van der Waals surface area (Å²) in [5.41, 5.74) is 3.08. The van der Waals surface area contributed by atoms with Crippen LogP contribution in [0, 0.1) is 5.92 Å². The predicted molar refractivity (Wildman–Crippen MR) is 110 cm³/mol. The lowest BCUT2D eigenvalue weighted by Gasteiger charge is -2.30. The van der Waals surface area contributed by atoms with Crippen molar-refractivity contribution in [2.24, 2.45) is 5.92 Å². The molecule has 7 nitrogen and oxygen atoms in total. The van der Waals surface area contributed by atoms with Gasteiger partial charge in [0.1, 0.15) is 6.04 Å². The predicted octanol–water partition coefficient (Wildman–Crippen LogP) is 1.79. The highest BCUT2D eigenvalue weighted by Crippen LogP contribution is 2.32. The third-order valence-electron chi connectivity index (χ3n) is 6.05. The van der Waals surface area contributed by atoms with Gasteiger partial charge in [0, 0.05) is 19.8 Å². The molecule has 7 heteroatoms. The van der Waals surface area contributed by atoms with Gasteiger partial charge in [-0.15, -0.1) is 0 Å². The number of rotatable bonds is 7. The van der Waals surface area contributed by atoms with Crippen LogP contribution in [-0.2, 0) is 11.3 Å². The van der Waals surface area contributed by atoms with Crippen molar-refractivity contribution in [3.63, 3.8) is 0 Å². The van der Waals surface area contributed by atoms with Crippen LogP contribution < -0.4 is 16.0 Å². The molecule has 0 bridgehead atoms. The fourth-order valence-electron chi connectivity index (χ4n) is 4.53. The third kappa shape index (κ3) is 4.15. The highest BCUT2D eigenvalue weighted by atomic mass is 16.4. The minimum atomic E-state index is -0.949. The number of nitrogens with zero attached hydrogens (tertiary/aromatic N) is 1. The fraction of sp³-hybridized carbons (Fsp3) is 0.455. The third-order valence-corrected chi connectivity index (χ3v) is 6.05. The number of aromatic carboxylic acids is 1. The molecule has 2 unspecified atom stereocenters. The minimum absolute atomic E-state index is 0.0834. The summed E-state index contributed by atoms with van der Waals surface area (Å²) in [7, 11) is 1.92. The molecule has 1 fully saturated rings. The zero-order chi connectivity index (χ0) is 20.4. The Hall–Kier alpha value is -2.80. The van der Waals surface area contributed by atoms with Crippen LogP contribution in [0.1, 0.15) is 41.6 Å². The lowest BCUT2D eigenvalue weighted by atomic mass is 10.0. The Morgan fingerprint density at radius 1 is 1.24 bits per heavy atom. The van der Waals surface area contributed by atoms with Crippen LogP contribution in [0.5, 0.6) is 0 Å². The number of carbonyl (C=O) groups excluding carboxylic acids is 1. The molecule has 2 heterocycles. The molecule has 29 heavy (non-hydrogen) atoms. The summed E-state index contributed by atoms with van der Waals surface area (Å²) in [6.45, 7) is 0.661. The van der Waals surface area contributed by atoms with Gasteiger partial charge < -0.3 is 26.0 Å². The van der Waals surface area contributed by atoms with Gasteiger partial charge in [-0.25, -0.2) is 4.79 Å². The van der Waals surface area contributed by atoms with Crippen molar-refractivity contribution in [1.82, 2.24) is 20.9 Å². The maximum atomic E-state index is 13.0. The van der Waals surface area contributed by atoms with Crippen LogP contribution in [0.3, 0.4) is 0 Å². The van der Waals surface area contributed by atoms with E-state index in [4.69, 9.17) is 5.11 Å². The summed E-state index contributed by atoms with van der Waals surface area (Å²) in [5, 5.41) is 19.4. The molecule has 4 N–H and O–H groups in total. The second-order valence-corrected chi connectivity index (χ2v) is 8.10. The molecule has 4 rings (SSSR count). The number of ketones is 1. The molecule has 0 aromatic heterocycles. The van der Waals surface area contributed by atoms with Crippen molar-refractivity contribution >= 4 is 11.8 Å². The number of likely N-dealkylation sites (N-methyl/N-ethyl adjacent to an activating group) is 1. The topological polar surface area (TPSA) is 93.7 Å². The van der Waals surface area contributed by atoms with Crippen molar-refractivity contribution in [1.29, 1.82) is 0 Å². The van der Waals surface area contributed by atoms with E-state index in [1.807, 2.05) is 30.3 Å². The van der Waals surface area contributed by atoms with Crippen LogP contribution in [0.15, 0.2) is 47.9 Å². The van der Waals surface area contributed by atoms with E-state index in [1.54, 1.807) is 18.2 Å². The average molecular weight is 396 g/mol. The van der Waals surface area contributed by atoms with Gasteiger partial charge in [0.2, 0.25) is 0 Å². The molecule has 154 valence electrons. The second-order valence-electron chi connectivity index (χ2n) is 8.10. The van der Waals surface area contributed by atoms with E-state index in [2.05, 4.69) is 16.0 Å². The normalized spacial score (nSPS) is 23.7. The molecule has 2 aliphatic heterocycles. The van der Waals surface area contributed by atoms with Crippen LogP contribution in [0.2, 0.25) is 0 Å². The van der Waals surface area contributed by atoms with Gasteiger partial charge in [0.25, 0.3) is 0 Å². The highest BCUT2D eigenvalue weighted by molar-refractivity contribution is 5.89. The van der Waals surface area contributed by atoms with E-state index in [9.17, 15) is 9.59 Å². The molecule has 1 aromatic carbocycles. The Balaban J connectivity index is 1.37. The van der Waals surface area contributed by atoms with Gasteiger partial charge in [0.15, 0.2) is 5.78 Å². The maximum absolute atomic E-state index is 13.0. The minimum Gasteiger partial charge on any atom is -0.478 e. The second kappa shape index (κ2) is 8.29. The maximum Gasteiger partial charge on any atom is 0.335 e. The number of benzene rings is 1. The van der Waals surface area contributed by atoms with Crippen molar-refractivity contribution < 1.29 is 14.7 Å². The number of nitrogens with one attached hydrogen (secondary N) is 3. The lowest BCUT2D eigenvalue weighted by Crippen LogP contribution is -2.47. The number of carboxylic acid groups (broad SMARTS) is 1. The van der Waals surface area contributed by atoms with Gasteiger partial charge in [0.05, 0.1) is 29.7 Å². The smallest absolute Gasteiger partial charge is 0.335 e. The molecule has 1 saturated carbocycles. The van der Waals surface area contributed by atoms with Gasteiger partial charge in [-0.1, -0.05) is 25.0 Å². The van der Waals surface area contributed by atoms with E-state index < -0.39 is 5.97 Å². The van der Waals surface area contributed by atoms with Crippen molar-refractivity contribution in [3.8, 4) is 0 Å². The zero-order valence-corrected chi connectivity index (χ0v) is 16.6. The molecule has 1 aromatic rings. The van der Waals surface area contributed by atoms with E-state index in [0.717, 1.165) is 17.0 Å². The molecule has 0 radical (unpaired) electrons. The van der Waals surface area contributed by atoms with Crippen molar-refractivity contribution in [3.05, 3.63) is 59.1 Å². The Morgan fingerprint density at radius 3 is 2.79 bits per heavy atom. The number of hydrogen-bond donors (Lipinski definition) is 4. The van der Waals surface area contributed by atoms with Gasteiger partial charge in [-0.2, -0.15) is 0 Å². The largest absolute Gasteiger partial charge is 0.478 e. The Morgan fingerprint density at radius 2 is 2.03 bits per heavy atom. The Kier molecular flexibility index (Phi) is 5.58. The van der Waals surface area contributed by atoms with Crippen LogP contribution in [0.25, 0.3) is 0 Å². The molecule has 3 aliphatic rings. The van der Waals surface area contributed by atoms with E-state index in [1.165, 1.54) is 25.7 Å². The van der Waals surface area contributed by atoms with E-state index in [0.29, 0.717) is 12.5 Å². The molecule has 1 aliphatic carbocycles. The molecule has 0 amide bonds. The first kappa shape index (κ1) is 19.5. The molecule has 2 atom stereocenters. The van der Waals surface area contributed by atoms with E-state index >= 15 is 0 Å². The van der Waals surface area contributed by atoms with Crippen molar-refractivity contribution in [2.75, 3.05) is 13.6 Å². The van der Waals surface area contributed by atoms with Crippen LogP contribution in [0.4, 0.5) is 0 Å². The average Bonchev–Trinajstić information content (AvgIpc) is 3.37. The molecule has 0 saturated heterocycles. The Labute approximate surface area is 170 Å². The fourth-order valence-corrected chi connectivity index (χ4v) is 4.53. The highest BCUT2D eigenvalue weighted by Gasteiger charge is 2.38. The van der Waals surface area contributed by atoms with E-state index in [-0.39, 0.29) is 30.1 Å². The number of hydrogen-bond acceptors (Lipinski definition) is 6. The number of carbonyl (C=O) groups is 2. The first-order valence-corrected chi connectivity index (χ1v) is 10.3. The molecule has 0 spiro atoms. The number of allylic oxidation sites excluding steroid dienone is 1. The van der Waals surface area contributed by atoms with Crippen LogP contribution >= 0.6 is 0 Å². The summed E-state index contributed by atoms with van der Waals surface area (Å²) >= 11 is 0. The zero-order valence-electron chi connectivity index (χ0n) is 16.6. The first-order valence-electron chi connectivity index (χ1n) is 10.3. The molecular formula is C22H28N4O3. The quantitative estimate of drug-likeness (QED) is 0.558. The SMILES string of the molecule is CN1C=CC2=C(NC(C3CCCC3)N2)C1C(=O)CNCc1cccc(C(=O)O)c1.